The van der Waals surface area contributed by atoms with Crippen LogP contribution in [0.4, 0.5) is 27.4 Å². The number of imide groups is 1. The third kappa shape index (κ3) is 8.65. The highest BCUT2D eigenvalue weighted by Gasteiger charge is 2.56. The monoisotopic (exact) mass is 1000 g/mol. The van der Waals surface area contributed by atoms with E-state index in [1.807, 2.05) is 38.6 Å². The molecule has 12 rings (SSSR count). The molecule has 0 bridgehead atoms. The maximum Gasteiger partial charge on any atom is 0.238 e. The first-order valence-corrected chi connectivity index (χ1v) is 27.0. The van der Waals surface area contributed by atoms with Gasteiger partial charge in [0.05, 0.1) is 46.7 Å². The molecule has 0 radical (unpaired) electrons. The first-order chi connectivity index (χ1) is 35.9. The molecular formula is C56H65FN12O5. The Labute approximate surface area is 430 Å². The van der Waals surface area contributed by atoms with Crippen molar-refractivity contribution in [2.45, 2.75) is 120 Å². The third-order valence-electron chi connectivity index (χ3n) is 17.5. The fraction of sp³-hybridized carbons (Fsp3) is 0.518. The summed E-state index contributed by atoms with van der Waals surface area (Å²) in [4.78, 5) is 96.8. The minimum atomic E-state index is -0.766. The summed E-state index contributed by atoms with van der Waals surface area (Å²) in [6.45, 7) is 9.60. The number of amides is 5. The van der Waals surface area contributed by atoms with Crippen molar-refractivity contribution >= 4 is 63.6 Å². The number of nitrogens with zero attached hydrogens (tertiary/aromatic N) is 10. The van der Waals surface area contributed by atoms with E-state index < -0.39 is 11.2 Å². The summed E-state index contributed by atoms with van der Waals surface area (Å²) < 4.78 is 17.1. The summed E-state index contributed by atoms with van der Waals surface area (Å²) in [5.41, 5.74) is 5.16. The van der Waals surface area contributed by atoms with Crippen molar-refractivity contribution in [2.24, 2.45) is 11.8 Å². The second kappa shape index (κ2) is 19.5. The topological polar surface area (TPSA) is 182 Å². The van der Waals surface area contributed by atoms with Crippen LogP contribution in [-0.4, -0.2) is 133 Å². The maximum atomic E-state index is 15.3. The largest absolute Gasteiger partial charge is 0.357 e. The van der Waals surface area contributed by atoms with E-state index in [1.165, 1.54) is 25.5 Å². The molecule has 6 aliphatic heterocycles. The predicted molar refractivity (Wildman–Crippen MR) is 277 cm³/mol. The second-order valence-electron chi connectivity index (χ2n) is 22.1. The van der Waals surface area contributed by atoms with Crippen LogP contribution < -0.4 is 20.4 Å². The van der Waals surface area contributed by atoms with Crippen molar-refractivity contribution in [1.29, 1.82) is 0 Å². The molecule has 1 aromatic carbocycles. The molecule has 0 unspecified atom stereocenters. The van der Waals surface area contributed by atoms with Gasteiger partial charge in [0, 0.05) is 93.4 Å². The summed E-state index contributed by atoms with van der Waals surface area (Å²) in [6, 6.07) is 14.3. The molecule has 5 amide bonds. The SMILES string of the molecule is CC(C)n1cnc2cc(-c3ccc4c(c3)N(C3CC(N5CCCCC5)C3)C(=O)C43CCN(C(=O)[C@@H]4CCN(C(=O)C5CCN(c6ccc([C@H]7CCC(=O)NC7=O)cn6)CC5)C4)CC3)nc(Nc3ccncc3F)c21. The molecule has 1 spiro atoms. The molecule has 10 heterocycles. The van der Waals surface area contributed by atoms with Gasteiger partial charge in [0.1, 0.15) is 11.3 Å². The van der Waals surface area contributed by atoms with Crippen molar-refractivity contribution in [1.82, 2.24) is 44.5 Å². The molecule has 6 fully saturated rings. The molecule has 1 aliphatic carbocycles. The normalized spacial score (nSPS) is 24.5. The van der Waals surface area contributed by atoms with Crippen LogP contribution >= 0.6 is 0 Å². The number of halogens is 1. The summed E-state index contributed by atoms with van der Waals surface area (Å²) in [6.07, 6.45) is 15.6. The Morgan fingerprint density at radius 3 is 2.31 bits per heavy atom. The zero-order chi connectivity index (χ0) is 50.8. The van der Waals surface area contributed by atoms with Crippen LogP contribution in [0.5, 0.6) is 0 Å². The Morgan fingerprint density at radius 1 is 0.811 bits per heavy atom. The maximum absolute atomic E-state index is 15.3. The molecule has 5 aromatic rings. The number of likely N-dealkylation sites (tertiary alicyclic amines) is 3. The van der Waals surface area contributed by atoms with Crippen LogP contribution in [0.15, 0.2) is 67.4 Å². The minimum absolute atomic E-state index is 0.0653. The van der Waals surface area contributed by atoms with Crippen LogP contribution in [0, 0.1) is 17.7 Å². The number of carbonyl (C=O) groups excluding carboxylic acids is 5. The van der Waals surface area contributed by atoms with Crippen molar-refractivity contribution in [3.8, 4) is 11.3 Å². The van der Waals surface area contributed by atoms with Crippen molar-refractivity contribution in [3.63, 3.8) is 0 Å². The van der Waals surface area contributed by atoms with Crippen molar-refractivity contribution < 1.29 is 28.4 Å². The molecule has 5 saturated heterocycles. The molecule has 74 heavy (non-hydrogen) atoms. The fourth-order valence-electron chi connectivity index (χ4n) is 13.2. The summed E-state index contributed by atoms with van der Waals surface area (Å²) >= 11 is 0. The first kappa shape index (κ1) is 48.1. The van der Waals surface area contributed by atoms with Crippen LogP contribution in [0.2, 0.25) is 0 Å². The molecule has 386 valence electrons. The molecule has 7 aliphatic rings. The highest BCUT2D eigenvalue weighted by Crippen LogP contribution is 2.52. The van der Waals surface area contributed by atoms with E-state index >= 15 is 9.18 Å². The number of anilines is 4. The summed E-state index contributed by atoms with van der Waals surface area (Å²) in [5, 5.41) is 5.66. The average molecular weight is 1010 g/mol. The lowest BCUT2D eigenvalue weighted by molar-refractivity contribution is -0.140. The number of benzene rings is 1. The van der Waals surface area contributed by atoms with E-state index in [4.69, 9.17) is 9.97 Å². The smallest absolute Gasteiger partial charge is 0.238 e. The number of aromatic nitrogens is 5. The van der Waals surface area contributed by atoms with Gasteiger partial charge in [0.25, 0.3) is 0 Å². The number of nitrogens with one attached hydrogen (secondary N) is 2. The third-order valence-corrected chi connectivity index (χ3v) is 17.5. The minimum Gasteiger partial charge on any atom is -0.357 e. The van der Waals surface area contributed by atoms with Gasteiger partial charge in [-0.2, -0.15) is 0 Å². The highest BCUT2D eigenvalue weighted by molar-refractivity contribution is 6.09. The van der Waals surface area contributed by atoms with Crippen molar-refractivity contribution in [2.75, 3.05) is 67.5 Å². The number of imidazole rings is 1. The Hall–Kier alpha value is -6.82. The van der Waals surface area contributed by atoms with Gasteiger partial charge in [-0.25, -0.2) is 19.3 Å². The van der Waals surface area contributed by atoms with Gasteiger partial charge in [-0.3, -0.25) is 34.3 Å². The van der Waals surface area contributed by atoms with E-state index in [9.17, 15) is 19.2 Å². The molecule has 18 heteroatoms. The quantitative estimate of drug-likeness (QED) is 0.139. The van der Waals surface area contributed by atoms with Crippen molar-refractivity contribution in [3.05, 3.63) is 84.3 Å². The van der Waals surface area contributed by atoms with Crippen LogP contribution in [0.1, 0.15) is 114 Å². The zero-order valence-corrected chi connectivity index (χ0v) is 42.3. The van der Waals surface area contributed by atoms with Crippen LogP contribution in [-0.2, 0) is 29.4 Å². The van der Waals surface area contributed by atoms with Gasteiger partial charge in [0.15, 0.2) is 11.6 Å². The Balaban J connectivity index is 0.729. The fourth-order valence-corrected chi connectivity index (χ4v) is 13.2. The van der Waals surface area contributed by atoms with E-state index in [0.29, 0.717) is 107 Å². The molecular weight excluding hydrogens is 940 g/mol. The number of hydrogen-bond donors (Lipinski definition) is 2. The number of carbonyl (C=O) groups is 5. The van der Waals surface area contributed by atoms with Gasteiger partial charge in [-0.1, -0.05) is 24.6 Å². The number of fused-ring (bicyclic) bond motifs is 3. The average Bonchev–Trinajstić information content (AvgIpc) is 4.14. The summed E-state index contributed by atoms with van der Waals surface area (Å²) in [7, 11) is 0. The molecule has 2 atom stereocenters. The lowest BCUT2D eigenvalue weighted by Gasteiger charge is -2.48. The highest BCUT2D eigenvalue weighted by atomic mass is 19.1. The summed E-state index contributed by atoms with van der Waals surface area (Å²) in [5.74, 6) is -0.226. The second-order valence-corrected chi connectivity index (χ2v) is 22.1. The number of pyridine rings is 3. The van der Waals surface area contributed by atoms with E-state index in [0.717, 1.165) is 59.6 Å². The number of hydrogen-bond acceptors (Lipinski definition) is 12. The van der Waals surface area contributed by atoms with Crippen LogP contribution in [0.3, 0.4) is 0 Å². The predicted octanol–water partition coefficient (Wildman–Crippen LogP) is 6.86. The lowest BCUT2D eigenvalue weighted by atomic mass is 9.73. The van der Waals surface area contributed by atoms with Gasteiger partial charge >= 0.3 is 0 Å². The first-order valence-electron chi connectivity index (χ1n) is 27.0. The molecule has 2 N–H and O–H groups in total. The Bertz CT molecular complexity index is 3010. The molecule has 4 aromatic heterocycles. The zero-order valence-electron chi connectivity index (χ0n) is 42.3. The Morgan fingerprint density at radius 2 is 1.58 bits per heavy atom. The van der Waals surface area contributed by atoms with Gasteiger partial charge in [-0.05, 0) is 127 Å². The van der Waals surface area contributed by atoms with Gasteiger partial charge in [-0.15, -0.1) is 0 Å². The van der Waals surface area contributed by atoms with E-state index in [1.54, 1.807) is 24.8 Å². The van der Waals surface area contributed by atoms with E-state index in [-0.39, 0.29) is 65.1 Å². The van der Waals surface area contributed by atoms with E-state index in [2.05, 4.69) is 61.3 Å². The Kier molecular flexibility index (Phi) is 12.7. The van der Waals surface area contributed by atoms with Crippen LogP contribution in [0.25, 0.3) is 22.3 Å². The molecule has 17 nitrogen and oxygen atoms in total. The molecule has 1 saturated carbocycles. The number of rotatable bonds is 10. The van der Waals surface area contributed by atoms with Gasteiger partial charge in [0.2, 0.25) is 29.5 Å². The number of piperidine rings is 4. The standard InChI is InChI=1S/C56H65FN12O5/c1-34(2)68-33-60-46-29-45(62-51(50(46)68)61-44-12-18-58-31-43(44)57)36-6-9-42-47(26-36)69(40-27-39(28-40)64-19-4-3-5-20-64)55(74)56(42)16-24-66(25-17-56)54(73)38-15-23-67(32-38)53(72)35-13-21-65(22-14-35)48-10-7-37(30-59-48)41-8-11-49(70)63-52(41)71/h6-7,9-10,12,18,26,29-31,33-35,38-41H,3-5,8,11,13-17,19-25,27-28,32H2,1-2H3,(H,58,61,62)(H,63,70,71)/t38-,39?,40?,41-/m1/s1. The lowest BCUT2D eigenvalue weighted by Crippen LogP contribution is -2.58. The van der Waals surface area contributed by atoms with Gasteiger partial charge < -0.3 is 34.4 Å².